The van der Waals surface area contributed by atoms with E-state index in [0.29, 0.717) is 15.7 Å². The van der Waals surface area contributed by atoms with Crippen LogP contribution in [0.5, 0.6) is 0 Å². The van der Waals surface area contributed by atoms with Crippen molar-refractivity contribution in [2.75, 3.05) is 29.9 Å². The van der Waals surface area contributed by atoms with Crippen molar-refractivity contribution >= 4 is 63.1 Å². The van der Waals surface area contributed by atoms with Gasteiger partial charge in [-0.3, -0.25) is 4.79 Å². The Hall–Kier alpha value is -1.95. The zero-order valence-electron chi connectivity index (χ0n) is 14.4. The Kier molecular flexibility index (Phi) is 5.43. The van der Waals surface area contributed by atoms with Crippen LogP contribution in [0.1, 0.15) is 10.5 Å². The number of nitrogens with zero attached hydrogens (tertiary/aromatic N) is 2. The van der Waals surface area contributed by atoms with Gasteiger partial charge in [-0.15, -0.1) is 0 Å². The molecule has 1 N–H and O–H groups in total. The minimum Gasteiger partial charge on any atom is -0.355 e. The zero-order valence-corrected chi connectivity index (χ0v) is 16.7. The SMILES string of the molecule is O=C(c1cc(Nc2ccc(Cl)c(Cl)c2)c2ccccc2n1)N1CCSCC1. The third-order valence-corrected chi connectivity index (χ3v) is 6.11. The Labute approximate surface area is 171 Å². The molecule has 1 amide bonds. The minimum absolute atomic E-state index is 0.0294. The molecule has 0 aliphatic carbocycles. The van der Waals surface area contributed by atoms with Gasteiger partial charge in [0.05, 0.1) is 21.2 Å². The number of amides is 1. The summed E-state index contributed by atoms with van der Waals surface area (Å²) in [6, 6.07) is 14.9. The third kappa shape index (κ3) is 4.00. The Morgan fingerprint density at radius 3 is 2.59 bits per heavy atom. The lowest BCUT2D eigenvalue weighted by Crippen LogP contribution is -2.38. The number of nitrogens with one attached hydrogen (secondary N) is 1. The molecule has 0 radical (unpaired) electrons. The molecule has 0 saturated carbocycles. The number of carbonyl (C=O) groups is 1. The molecule has 0 atom stereocenters. The van der Waals surface area contributed by atoms with Crippen molar-refractivity contribution in [3.05, 3.63) is 64.3 Å². The van der Waals surface area contributed by atoms with Crippen molar-refractivity contribution in [3.8, 4) is 0 Å². The first-order valence-electron chi connectivity index (χ1n) is 8.61. The Bertz CT molecular complexity index is 1010. The second-order valence-corrected chi connectivity index (χ2v) is 8.27. The van der Waals surface area contributed by atoms with Gasteiger partial charge in [-0.05, 0) is 30.3 Å². The van der Waals surface area contributed by atoms with E-state index < -0.39 is 0 Å². The topological polar surface area (TPSA) is 45.2 Å². The van der Waals surface area contributed by atoms with E-state index in [0.717, 1.165) is 46.9 Å². The monoisotopic (exact) mass is 417 g/mol. The lowest BCUT2D eigenvalue weighted by molar-refractivity contribution is 0.0767. The van der Waals surface area contributed by atoms with E-state index in [9.17, 15) is 4.79 Å². The number of halogens is 2. The molecule has 4 nitrogen and oxygen atoms in total. The molecular weight excluding hydrogens is 401 g/mol. The third-order valence-electron chi connectivity index (χ3n) is 4.43. The van der Waals surface area contributed by atoms with Crippen molar-refractivity contribution < 1.29 is 4.79 Å². The van der Waals surface area contributed by atoms with E-state index in [1.165, 1.54) is 0 Å². The lowest BCUT2D eigenvalue weighted by Gasteiger charge is -2.26. The standard InChI is InChI=1S/C20H17Cl2N3OS/c21-15-6-5-13(11-16(15)22)23-18-12-19(20(26)25-7-9-27-10-8-25)24-17-4-2-1-3-14(17)18/h1-6,11-12H,7-10H2,(H,23,24). The number of thioether (sulfide) groups is 1. The molecule has 2 aromatic carbocycles. The van der Waals surface area contributed by atoms with Crippen molar-refractivity contribution in [1.29, 1.82) is 0 Å². The van der Waals surface area contributed by atoms with Crippen LogP contribution in [-0.2, 0) is 0 Å². The first-order valence-corrected chi connectivity index (χ1v) is 10.5. The van der Waals surface area contributed by atoms with Crippen LogP contribution < -0.4 is 5.32 Å². The van der Waals surface area contributed by atoms with Crippen LogP contribution in [0.4, 0.5) is 11.4 Å². The number of para-hydroxylation sites is 1. The number of hydrogen-bond acceptors (Lipinski definition) is 4. The maximum atomic E-state index is 12.9. The number of rotatable bonds is 3. The molecule has 1 aliphatic rings. The first kappa shape index (κ1) is 18.4. The predicted octanol–water partition coefficient (Wildman–Crippen LogP) is 5.47. The molecule has 4 rings (SSSR count). The summed E-state index contributed by atoms with van der Waals surface area (Å²) >= 11 is 14.0. The minimum atomic E-state index is -0.0294. The van der Waals surface area contributed by atoms with E-state index in [-0.39, 0.29) is 5.91 Å². The van der Waals surface area contributed by atoms with Gasteiger partial charge in [0.25, 0.3) is 5.91 Å². The number of fused-ring (bicyclic) bond motifs is 1. The normalized spacial score (nSPS) is 14.4. The van der Waals surface area contributed by atoms with E-state index in [1.807, 2.05) is 53.1 Å². The van der Waals surface area contributed by atoms with Crippen molar-refractivity contribution in [3.63, 3.8) is 0 Å². The van der Waals surface area contributed by atoms with Crippen molar-refractivity contribution in [2.24, 2.45) is 0 Å². The lowest BCUT2D eigenvalue weighted by atomic mass is 10.1. The zero-order chi connectivity index (χ0) is 18.8. The maximum absolute atomic E-state index is 12.9. The molecule has 1 saturated heterocycles. The van der Waals surface area contributed by atoms with Gasteiger partial charge in [-0.2, -0.15) is 11.8 Å². The number of carbonyl (C=O) groups excluding carboxylic acids is 1. The Balaban J connectivity index is 1.74. The van der Waals surface area contributed by atoms with Crippen LogP contribution >= 0.6 is 35.0 Å². The molecule has 0 spiro atoms. The number of anilines is 2. The molecule has 3 aromatic rings. The van der Waals surface area contributed by atoms with Gasteiger partial charge in [0, 0.05) is 35.7 Å². The summed E-state index contributed by atoms with van der Waals surface area (Å²) in [6.07, 6.45) is 0. The highest BCUT2D eigenvalue weighted by molar-refractivity contribution is 7.99. The quantitative estimate of drug-likeness (QED) is 0.612. The maximum Gasteiger partial charge on any atom is 0.272 e. The predicted molar refractivity (Wildman–Crippen MR) is 115 cm³/mol. The summed E-state index contributed by atoms with van der Waals surface area (Å²) in [5.74, 6) is 1.90. The van der Waals surface area contributed by atoms with Crippen LogP contribution in [0, 0.1) is 0 Å². The summed E-state index contributed by atoms with van der Waals surface area (Å²) in [7, 11) is 0. The molecule has 1 fully saturated rings. The summed E-state index contributed by atoms with van der Waals surface area (Å²) in [4.78, 5) is 19.4. The highest BCUT2D eigenvalue weighted by Crippen LogP contribution is 2.30. The number of hydrogen-bond donors (Lipinski definition) is 1. The number of pyridine rings is 1. The van der Waals surface area contributed by atoms with Crippen LogP contribution in [-0.4, -0.2) is 40.4 Å². The Morgan fingerprint density at radius 1 is 1.04 bits per heavy atom. The van der Waals surface area contributed by atoms with E-state index >= 15 is 0 Å². The van der Waals surface area contributed by atoms with Gasteiger partial charge >= 0.3 is 0 Å². The molecule has 138 valence electrons. The van der Waals surface area contributed by atoms with Crippen LogP contribution in [0.3, 0.4) is 0 Å². The summed E-state index contributed by atoms with van der Waals surface area (Å²) in [6.45, 7) is 1.52. The molecule has 1 aliphatic heterocycles. The van der Waals surface area contributed by atoms with Crippen molar-refractivity contribution in [2.45, 2.75) is 0 Å². The van der Waals surface area contributed by atoms with Gasteiger partial charge in [0.15, 0.2) is 0 Å². The second kappa shape index (κ2) is 7.97. The Morgan fingerprint density at radius 2 is 1.81 bits per heavy atom. The average molecular weight is 418 g/mol. The molecule has 0 unspecified atom stereocenters. The highest BCUT2D eigenvalue weighted by Gasteiger charge is 2.21. The number of benzene rings is 2. The summed E-state index contributed by atoms with van der Waals surface area (Å²) in [5, 5.41) is 5.27. The van der Waals surface area contributed by atoms with Crippen molar-refractivity contribution in [1.82, 2.24) is 9.88 Å². The fourth-order valence-electron chi connectivity index (χ4n) is 3.05. The fraction of sp³-hybridized carbons (Fsp3) is 0.200. The smallest absolute Gasteiger partial charge is 0.272 e. The van der Waals surface area contributed by atoms with E-state index in [2.05, 4.69) is 10.3 Å². The van der Waals surface area contributed by atoms with Gasteiger partial charge in [-0.25, -0.2) is 4.98 Å². The van der Waals surface area contributed by atoms with E-state index in [4.69, 9.17) is 23.2 Å². The summed E-state index contributed by atoms with van der Waals surface area (Å²) < 4.78 is 0. The fourth-order valence-corrected chi connectivity index (χ4v) is 4.25. The van der Waals surface area contributed by atoms with Crippen LogP contribution in [0.15, 0.2) is 48.5 Å². The second-order valence-electron chi connectivity index (χ2n) is 6.23. The molecular formula is C20H17Cl2N3OS. The average Bonchev–Trinajstić information content (AvgIpc) is 2.71. The molecule has 2 heterocycles. The largest absolute Gasteiger partial charge is 0.355 e. The molecule has 0 bridgehead atoms. The first-order chi connectivity index (χ1) is 13.1. The van der Waals surface area contributed by atoms with Gasteiger partial charge in [0.2, 0.25) is 0 Å². The van der Waals surface area contributed by atoms with Gasteiger partial charge in [-0.1, -0.05) is 41.4 Å². The van der Waals surface area contributed by atoms with Crippen LogP contribution in [0.25, 0.3) is 10.9 Å². The highest BCUT2D eigenvalue weighted by atomic mass is 35.5. The van der Waals surface area contributed by atoms with Gasteiger partial charge in [0.1, 0.15) is 5.69 Å². The van der Waals surface area contributed by atoms with E-state index in [1.54, 1.807) is 12.1 Å². The molecule has 27 heavy (non-hydrogen) atoms. The summed E-state index contributed by atoms with van der Waals surface area (Å²) in [5.41, 5.74) is 2.84. The van der Waals surface area contributed by atoms with Crippen LogP contribution in [0.2, 0.25) is 10.0 Å². The van der Waals surface area contributed by atoms with Gasteiger partial charge < -0.3 is 10.2 Å². The molecule has 1 aromatic heterocycles. The number of aromatic nitrogens is 1. The molecule has 7 heteroatoms.